The van der Waals surface area contributed by atoms with Crippen molar-refractivity contribution in [2.24, 2.45) is 0 Å². The fourth-order valence-corrected chi connectivity index (χ4v) is 8.00. The van der Waals surface area contributed by atoms with Crippen molar-refractivity contribution >= 4 is 11.6 Å². The maximum absolute atomic E-state index is 6.20. The first-order chi connectivity index (χ1) is 18.2. The quantitative estimate of drug-likeness (QED) is 0.217. The van der Waals surface area contributed by atoms with Gasteiger partial charge in [-0.15, -0.1) is 0 Å². The van der Waals surface area contributed by atoms with Crippen molar-refractivity contribution in [3.05, 3.63) is 143 Å². The lowest BCUT2D eigenvalue weighted by Gasteiger charge is -2.45. The van der Waals surface area contributed by atoms with Crippen molar-refractivity contribution < 1.29 is 0 Å². The van der Waals surface area contributed by atoms with Crippen LogP contribution in [0.4, 0.5) is 0 Å². The summed E-state index contributed by atoms with van der Waals surface area (Å²) in [5.74, 6) is 0. The molecule has 37 heavy (non-hydrogen) atoms. The summed E-state index contributed by atoms with van der Waals surface area (Å²) in [5, 5.41) is 0.781. The van der Waals surface area contributed by atoms with Crippen LogP contribution in [-0.2, 0) is 10.8 Å². The third-order valence-electron chi connectivity index (χ3n) is 9.58. The predicted molar refractivity (Wildman–Crippen MR) is 154 cm³/mol. The summed E-state index contributed by atoms with van der Waals surface area (Å²) in [7, 11) is 0. The van der Waals surface area contributed by atoms with E-state index in [0.717, 1.165) is 17.9 Å². The van der Waals surface area contributed by atoms with E-state index in [1.54, 1.807) is 0 Å². The molecule has 0 nitrogen and oxygen atoms in total. The standard InChI is InChI=1S/C36H27Cl/c37-26-16-13-24(14-17-26)25-15-18-30-29-9-3-6-12-33(29)36(34(30)23-25)21-19-35(20-22-36)31-10-4-1-7-27(31)28-8-2-5-11-32(28)35/h1-18,23H,19-22H2. The van der Waals surface area contributed by atoms with Crippen LogP contribution in [0.5, 0.6) is 0 Å². The molecule has 0 aromatic heterocycles. The lowest BCUT2D eigenvalue weighted by molar-refractivity contribution is 0.265. The summed E-state index contributed by atoms with van der Waals surface area (Å²) in [6.07, 6.45) is 4.65. The molecule has 5 aromatic carbocycles. The van der Waals surface area contributed by atoms with E-state index in [0.29, 0.717) is 0 Å². The van der Waals surface area contributed by atoms with Crippen LogP contribution in [0, 0.1) is 0 Å². The van der Waals surface area contributed by atoms with Crippen LogP contribution in [0.3, 0.4) is 0 Å². The Kier molecular flexibility index (Phi) is 4.47. The first kappa shape index (κ1) is 21.5. The molecule has 0 unspecified atom stereocenters. The van der Waals surface area contributed by atoms with Gasteiger partial charge < -0.3 is 0 Å². The van der Waals surface area contributed by atoms with Gasteiger partial charge in [0.1, 0.15) is 0 Å². The van der Waals surface area contributed by atoms with E-state index in [4.69, 9.17) is 11.6 Å². The Bertz CT molecular complexity index is 1640. The zero-order chi connectivity index (χ0) is 24.6. The van der Waals surface area contributed by atoms with Crippen LogP contribution in [-0.4, -0.2) is 0 Å². The second-order valence-corrected chi connectivity index (χ2v) is 11.5. The molecule has 5 aromatic rings. The number of rotatable bonds is 1. The van der Waals surface area contributed by atoms with Gasteiger partial charge in [0, 0.05) is 15.9 Å². The minimum absolute atomic E-state index is 0.0616. The van der Waals surface area contributed by atoms with Crippen molar-refractivity contribution in [1.82, 2.24) is 0 Å². The molecule has 0 bridgehead atoms. The minimum atomic E-state index is 0.0616. The number of hydrogen-bond donors (Lipinski definition) is 0. The molecule has 1 saturated carbocycles. The van der Waals surface area contributed by atoms with E-state index in [1.807, 2.05) is 12.1 Å². The Hall–Kier alpha value is -3.61. The first-order valence-corrected chi connectivity index (χ1v) is 13.8. The maximum Gasteiger partial charge on any atom is 0.0406 e. The molecule has 1 fully saturated rings. The Morgan fingerprint density at radius 2 is 0.811 bits per heavy atom. The average molecular weight is 495 g/mol. The van der Waals surface area contributed by atoms with Gasteiger partial charge in [-0.05, 0) is 99.5 Å². The molecule has 3 aliphatic rings. The van der Waals surface area contributed by atoms with Crippen molar-refractivity contribution in [2.75, 3.05) is 0 Å². The van der Waals surface area contributed by atoms with Crippen molar-refractivity contribution in [3.8, 4) is 33.4 Å². The lowest BCUT2D eigenvalue weighted by atomic mass is 9.57. The highest BCUT2D eigenvalue weighted by molar-refractivity contribution is 6.30. The largest absolute Gasteiger partial charge is 0.0843 e. The number of hydrogen-bond acceptors (Lipinski definition) is 0. The molecule has 3 aliphatic carbocycles. The normalized spacial score (nSPS) is 17.3. The van der Waals surface area contributed by atoms with Crippen molar-refractivity contribution in [2.45, 2.75) is 36.5 Å². The minimum Gasteiger partial charge on any atom is -0.0843 e. The summed E-state index contributed by atoms with van der Waals surface area (Å²) < 4.78 is 0. The number of benzene rings is 5. The van der Waals surface area contributed by atoms with Gasteiger partial charge in [0.2, 0.25) is 0 Å². The average Bonchev–Trinajstić information content (AvgIpc) is 3.39. The van der Waals surface area contributed by atoms with E-state index in [2.05, 4.69) is 103 Å². The smallest absolute Gasteiger partial charge is 0.0406 e. The van der Waals surface area contributed by atoms with Gasteiger partial charge in [-0.2, -0.15) is 0 Å². The number of fused-ring (bicyclic) bond motifs is 10. The lowest BCUT2D eigenvalue weighted by Crippen LogP contribution is -2.39. The first-order valence-electron chi connectivity index (χ1n) is 13.4. The highest BCUT2D eigenvalue weighted by atomic mass is 35.5. The van der Waals surface area contributed by atoms with Crippen LogP contribution in [0.2, 0.25) is 5.02 Å². The topological polar surface area (TPSA) is 0 Å². The second kappa shape index (κ2) is 7.70. The Morgan fingerprint density at radius 3 is 1.32 bits per heavy atom. The third kappa shape index (κ3) is 2.85. The van der Waals surface area contributed by atoms with Crippen LogP contribution in [0.25, 0.3) is 33.4 Å². The molecule has 0 saturated heterocycles. The molecule has 0 heterocycles. The Balaban J connectivity index is 1.27. The third-order valence-corrected chi connectivity index (χ3v) is 9.83. The summed E-state index contributed by atoms with van der Waals surface area (Å²) in [6, 6.07) is 42.8. The zero-order valence-corrected chi connectivity index (χ0v) is 21.4. The second-order valence-electron chi connectivity index (χ2n) is 11.1. The highest BCUT2D eigenvalue weighted by Crippen LogP contribution is 2.63. The molecule has 0 radical (unpaired) electrons. The monoisotopic (exact) mass is 494 g/mol. The Labute approximate surface area is 223 Å². The molecular weight excluding hydrogens is 468 g/mol. The predicted octanol–water partition coefficient (Wildman–Crippen LogP) is 9.81. The van der Waals surface area contributed by atoms with E-state index in [9.17, 15) is 0 Å². The molecule has 0 N–H and O–H groups in total. The van der Waals surface area contributed by atoms with Gasteiger partial charge in [-0.25, -0.2) is 0 Å². The van der Waals surface area contributed by atoms with E-state index < -0.39 is 0 Å². The molecule has 0 atom stereocenters. The molecular formula is C36H27Cl. The van der Waals surface area contributed by atoms with E-state index in [1.165, 1.54) is 68.5 Å². The van der Waals surface area contributed by atoms with Crippen LogP contribution < -0.4 is 0 Å². The van der Waals surface area contributed by atoms with Crippen molar-refractivity contribution in [3.63, 3.8) is 0 Å². The van der Waals surface area contributed by atoms with Gasteiger partial charge in [0.25, 0.3) is 0 Å². The molecule has 0 aliphatic heterocycles. The highest BCUT2D eigenvalue weighted by Gasteiger charge is 2.52. The van der Waals surface area contributed by atoms with E-state index >= 15 is 0 Å². The number of halogens is 1. The van der Waals surface area contributed by atoms with Crippen LogP contribution in [0.15, 0.2) is 115 Å². The zero-order valence-electron chi connectivity index (χ0n) is 20.7. The molecule has 0 amide bonds. The molecule has 1 heteroatoms. The Morgan fingerprint density at radius 1 is 0.405 bits per heavy atom. The van der Waals surface area contributed by atoms with E-state index in [-0.39, 0.29) is 10.8 Å². The van der Waals surface area contributed by atoms with Gasteiger partial charge in [-0.1, -0.05) is 109 Å². The van der Waals surface area contributed by atoms with Crippen LogP contribution in [0.1, 0.15) is 47.9 Å². The van der Waals surface area contributed by atoms with Gasteiger partial charge in [0.05, 0.1) is 0 Å². The molecule has 8 rings (SSSR count). The molecule has 178 valence electrons. The molecule has 2 spiro atoms. The van der Waals surface area contributed by atoms with Gasteiger partial charge >= 0.3 is 0 Å². The fourth-order valence-electron chi connectivity index (χ4n) is 7.87. The van der Waals surface area contributed by atoms with Gasteiger partial charge in [-0.3, -0.25) is 0 Å². The summed E-state index contributed by atoms with van der Waals surface area (Å²) >= 11 is 6.20. The maximum atomic E-state index is 6.20. The fraction of sp³-hybridized carbons (Fsp3) is 0.167. The van der Waals surface area contributed by atoms with Gasteiger partial charge in [0.15, 0.2) is 0 Å². The SMILES string of the molecule is Clc1ccc(-c2ccc3c(c2)C2(CCC4(CC2)c2ccccc2-c2ccccc24)c2ccccc2-3)cc1. The van der Waals surface area contributed by atoms with Crippen LogP contribution >= 0.6 is 11.6 Å². The summed E-state index contributed by atoms with van der Waals surface area (Å²) in [4.78, 5) is 0. The summed E-state index contributed by atoms with van der Waals surface area (Å²) in [6.45, 7) is 0. The summed E-state index contributed by atoms with van der Waals surface area (Å²) in [5.41, 5.74) is 14.5. The van der Waals surface area contributed by atoms with Crippen molar-refractivity contribution in [1.29, 1.82) is 0 Å².